The number of ether oxygens (including phenoxy) is 1. The first-order valence-electron chi connectivity index (χ1n) is 7.23. The first-order chi connectivity index (χ1) is 8.72. The standard InChI is InChI=1S/C14H28N2O2/c1-3-16(10-6-9-14(17)18-2)13-8-5-4-7-12(13)11-15/h12-13H,3-11,15H2,1-2H3. The Labute approximate surface area is 111 Å². The average Bonchev–Trinajstić information content (AvgIpc) is 2.43. The number of carbonyl (C=O) groups excluding carboxylic acids is 1. The highest BCUT2D eigenvalue weighted by atomic mass is 16.5. The summed E-state index contributed by atoms with van der Waals surface area (Å²) in [6.45, 7) is 5.01. The highest BCUT2D eigenvalue weighted by molar-refractivity contribution is 5.69. The van der Waals surface area contributed by atoms with Gasteiger partial charge in [-0.1, -0.05) is 19.8 Å². The van der Waals surface area contributed by atoms with Gasteiger partial charge < -0.3 is 15.4 Å². The molecular formula is C14H28N2O2. The maximum absolute atomic E-state index is 11.1. The predicted octanol–water partition coefficient (Wildman–Crippen LogP) is 1.78. The zero-order valence-electron chi connectivity index (χ0n) is 11.9. The Balaban J connectivity index is 2.40. The molecule has 0 aromatic heterocycles. The van der Waals surface area contributed by atoms with Gasteiger partial charge in [0.25, 0.3) is 0 Å². The SMILES string of the molecule is CCN(CCCC(=O)OC)C1CCCCC1CN. The van der Waals surface area contributed by atoms with Gasteiger partial charge in [0.05, 0.1) is 7.11 Å². The van der Waals surface area contributed by atoms with Crippen molar-refractivity contribution in [2.24, 2.45) is 11.7 Å². The molecule has 2 N–H and O–H groups in total. The lowest BCUT2D eigenvalue weighted by Gasteiger charge is -2.39. The molecule has 4 nitrogen and oxygen atoms in total. The Morgan fingerprint density at radius 1 is 1.39 bits per heavy atom. The van der Waals surface area contributed by atoms with Crippen LogP contribution >= 0.6 is 0 Å². The van der Waals surface area contributed by atoms with Crippen LogP contribution < -0.4 is 5.73 Å². The first-order valence-corrected chi connectivity index (χ1v) is 7.23. The Morgan fingerprint density at radius 2 is 2.11 bits per heavy atom. The van der Waals surface area contributed by atoms with E-state index in [9.17, 15) is 4.79 Å². The van der Waals surface area contributed by atoms with Gasteiger partial charge in [0.1, 0.15) is 0 Å². The molecule has 1 aliphatic rings. The minimum atomic E-state index is -0.106. The normalized spacial score (nSPS) is 24.2. The van der Waals surface area contributed by atoms with Gasteiger partial charge in [-0.05, 0) is 44.8 Å². The summed E-state index contributed by atoms with van der Waals surface area (Å²) in [6, 6.07) is 0.617. The molecule has 0 saturated heterocycles. The topological polar surface area (TPSA) is 55.6 Å². The van der Waals surface area contributed by atoms with Crippen molar-refractivity contribution in [3.8, 4) is 0 Å². The van der Waals surface area contributed by atoms with E-state index in [1.165, 1.54) is 32.8 Å². The van der Waals surface area contributed by atoms with Crippen LogP contribution in [0.4, 0.5) is 0 Å². The van der Waals surface area contributed by atoms with Crippen LogP contribution in [0.2, 0.25) is 0 Å². The van der Waals surface area contributed by atoms with Crippen LogP contribution in [-0.2, 0) is 9.53 Å². The fourth-order valence-electron chi connectivity index (χ4n) is 3.03. The number of nitrogens with two attached hydrogens (primary N) is 1. The van der Waals surface area contributed by atoms with Gasteiger partial charge in [0.15, 0.2) is 0 Å². The molecule has 0 bridgehead atoms. The molecule has 0 amide bonds. The van der Waals surface area contributed by atoms with E-state index in [0.29, 0.717) is 18.4 Å². The lowest BCUT2D eigenvalue weighted by atomic mass is 9.83. The number of esters is 1. The molecular weight excluding hydrogens is 228 g/mol. The third-order valence-electron chi connectivity index (χ3n) is 4.10. The van der Waals surface area contributed by atoms with Crippen molar-refractivity contribution in [3.63, 3.8) is 0 Å². The molecule has 0 aromatic carbocycles. The zero-order valence-corrected chi connectivity index (χ0v) is 11.9. The quantitative estimate of drug-likeness (QED) is 0.705. The van der Waals surface area contributed by atoms with Crippen LogP contribution in [0.1, 0.15) is 45.4 Å². The van der Waals surface area contributed by atoms with E-state index < -0.39 is 0 Å². The summed E-state index contributed by atoms with van der Waals surface area (Å²) in [5, 5.41) is 0. The van der Waals surface area contributed by atoms with Gasteiger partial charge in [-0.2, -0.15) is 0 Å². The molecule has 18 heavy (non-hydrogen) atoms. The first kappa shape index (κ1) is 15.4. The number of hydrogen-bond acceptors (Lipinski definition) is 4. The maximum Gasteiger partial charge on any atom is 0.305 e. The van der Waals surface area contributed by atoms with Crippen molar-refractivity contribution >= 4 is 5.97 Å². The summed E-state index contributed by atoms with van der Waals surface area (Å²) in [5.41, 5.74) is 5.88. The van der Waals surface area contributed by atoms with Crippen molar-refractivity contribution < 1.29 is 9.53 Å². The molecule has 2 unspecified atom stereocenters. The van der Waals surface area contributed by atoms with Crippen LogP contribution in [0, 0.1) is 5.92 Å². The zero-order chi connectivity index (χ0) is 13.4. The van der Waals surface area contributed by atoms with Gasteiger partial charge in [0.2, 0.25) is 0 Å². The van der Waals surface area contributed by atoms with E-state index in [4.69, 9.17) is 5.73 Å². The van der Waals surface area contributed by atoms with E-state index in [0.717, 1.165) is 26.1 Å². The van der Waals surface area contributed by atoms with E-state index in [1.54, 1.807) is 0 Å². The maximum atomic E-state index is 11.1. The van der Waals surface area contributed by atoms with E-state index in [-0.39, 0.29) is 5.97 Å². The summed E-state index contributed by atoms with van der Waals surface area (Å²) in [4.78, 5) is 13.6. The minimum absolute atomic E-state index is 0.106. The van der Waals surface area contributed by atoms with Crippen molar-refractivity contribution in [2.75, 3.05) is 26.7 Å². The Bertz CT molecular complexity index is 246. The lowest BCUT2D eigenvalue weighted by molar-refractivity contribution is -0.140. The molecule has 1 aliphatic carbocycles. The summed E-state index contributed by atoms with van der Waals surface area (Å²) < 4.78 is 4.68. The molecule has 0 radical (unpaired) electrons. The number of carbonyl (C=O) groups is 1. The second kappa shape index (κ2) is 8.48. The molecule has 0 heterocycles. The monoisotopic (exact) mass is 256 g/mol. The van der Waals surface area contributed by atoms with Gasteiger partial charge >= 0.3 is 5.97 Å². The average molecular weight is 256 g/mol. The Kier molecular flexibility index (Phi) is 7.28. The van der Waals surface area contributed by atoms with E-state index in [2.05, 4.69) is 16.6 Å². The molecule has 0 aromatic rings. The second-order valence-corrected chi connectivity index (χ2v) is 5.16. The van der Waals surface area contributed by atoms with Crippen LogP contribution in [0.25, 0.3) is 0 Å². The smallest absolute Gasteiger partial charge is 0.305 e. The van der Waals surface area contributed by atoms with Crippen LogP contribution in [-0.4, -0.2) is 43.7 Å². The highest BCUT2D eigenvalue weighted by Crippen LogP contribution is 2.27. The van der Waals surface area contributed by atoms with Gasteiger partial charge in [0, 0.05) is 12.5 Å². The van der Waals surface area contributed by atoms with Crippen molar-refractivity contribution in [1.82, 2.24) is 4.90 Å². The molecule has 1 saturated carbocycles. The fraction of sp³-hybridized carbons (Fsp3) is 0.929. The minimum Gasteiger partial charge on any atom is -0.469 e. The fourth-order valence-corrected chi connectivity index (χ4v) is 3.03. The van der Waals surface area contributed by atoms with Crippen molar-refractivity contribution in [2.45, 2.75) is 51.5 Å². The Morgan fingerprint density at radius 3 is 2.72 bits per heavy atom. The number of nitrogens with zero attached hydrogens (tertiary/aromatic N) is 1. The molecule has 1 fully saturated rings. The van der Waals surface area contributed by atoms with Gasteiger partial charge in [-0.25, -0.2) is 0 Å². The van der Waals surface area contributed by atoms with Gasteiger partial charge in [-0.15, -0.1) is 0 Å². The van der Waals surface area contributed by atoms with Gasteiger partial charge in [-0.3, -0.25) is 4.79 Å². The van der Waals surface area contributed by atoms with E-state index >= 15 is 0 Å². The van der Waals surface area contributed by atoms with Crippen LogP contribution in [0.3, 0.4) is 0 Å². The van der Waals surface area contributed by atoms with Crippen molar-refractivity contribution in [3.05, 3.63) is 0 Å². The number of hydrogen-bond donors (Lipinski definition) is 1. The molecule has 0 aliphatic heterocycles. The van der Waals surface area contributed by atoms with Crippen LogP contribution in [0.5, 0.6) is 0 Å². The number of methoxy groups -OCH3 is 1. The van der Waals surface area contributed by atoms with Crippen LogP contribution in [0.15, 0.2) is 0 Å². The summed E-state index contributed by atoms with van der Waals surface area (Å²) in [7, 11) is 1.45. The largest absolute Gasteiger partial charge is 0.469 e. The molecule has 106 valence electrons. The molecule has 4 heteroatoms. The third kappa shape index (κ3) is 4.58. The lowest BCUT2D eigenvalue weighted by Crippen LogP contribution is -2.45. The predicted molar refractivity (Wildman–Crippen MR) is 73.3 cm³/mol. The summed E-state index contributed by atoms with van der Waals surface area (Å²) in [6.07, 6.45) is 6.55. The molecule has 1 rings (SSSR count). The summed E-state index contributed by atoms with van der Waals surface area (Å²) in [5.74, 6) is 0.530. The third-order valence-corrected chi connectivity index (χ3v) is 4.10. The molecule has 2 atom stereocenters. The highest BCUT2D eigenvalue weighted by Gasteiger charge is 2.28. The number of rotatable bonds is 7. The molecule has 0 spiro atoms. The van der Waals surface area contributed by atoms with Crippen molar-refractivity contribution in [1.29, 1.82) is 0 Å². The second-order valence-electron chi connectivity index (χ2n) is 5.16. The summed E-state index contributed by atoms with van der Waals surface area (Å²) >= 11 is 0. The van der Waals surface area contributed by atoms with E-state index in [1.807, 2.05) is 0 Å². The Hall–Kier alpha value is -0.610.